The molecule has 1 atom stereocenters. The van der Waals surface area contributed by atoms with Gasteiger partial charge in [-0.2, -0.15) is 4.39 Å². The van der Waals surface area contributed by atoms with Crippen molar-refractivity contribution in [1.29, 1.82) is 0 Å². The Kier molecular flexibility index (Phi) is 5.69. The fourth-order valence-corrected chi connectivity index (χ4v) is 1.90. The summed E-state index contributed by atoms with van der Waals surface area (Å²) in [6.07, 6.45) is 0.803. The number of nitrogens with zero attached hydrogens (tertiary/aromatic N) is 2. The fraction of sp³-hybridized carbons (Fsp3) is 0.538. The fourth-order valence-electron chi connectivity index (χ4n) is 1.90. The number of ether oxygens (including phenoxy) is 1. The van der Waals surface area contributed by atoms with Crippen LogP contribution in [0.15, 0.2) is 18.2 Å². The van der Waals surface area contributed by atoms with Crippen LogP contribution in [0.25, 0.3) is 0 Å². The third-order valence-corrected chi connectivity index (χ3v) is 3.12. The Morgan fingerprint density at radius 1 is 1.53 bits per heavy atom. The van der Waals surface area contributed by atoms with Gasteiger partial charge < -0.3 is 9.64 Å². The minimum atomic E-state index is -0.812. The third-order valence-electron chi connectivity index (χ3n) is 3.12. The van der Waals surface area contributed by atoms with Gasteiger partial charge in [-0.05, 0) is 25.5 Å². The first-order valence-electron chi connectivity index (χ1n) is 6.21. The molecule has 6 heteroatoms. The normalized spacial score (nSPS) is 12.2. The molecule has 5 nitrogen and oxygen atoms in total. The predicted molar refractivity (Wildman–Crippen MR) is 72.0 cm³/mol. The van der Waals surface area contributed by atoms with Gasteiger partial charge in [-0.1, -0.05) is 13.0 Å². The van der Waals surface area contributed by atoms with E-state index in [9.17, 15) is 14.5 Å². The lowest BCUT2D eigenvalue weighted by atomic mass is 10.1. The van der Waals surface area contributed by atoms with E-state index in [1.165, 1.54) is 6.07 Å². The van der Waals surface area contributed by atoms with E-state index in [4.69, 9.17) is 4.74 Å². The van der Waals surface area contributed by atoms with Gasteiger partial charge in [-0.3, -0.25) is 10.1 Å². The van der Waals surface area contributed by atoms with E-state index in [0.717, 1.165) is 12.5 Å². The summed E-state index contributed by atoms with van der Waals surface area (Å²) in [6.45, 7) is 4.84. The number of para-hydroxylation sites is 1. The molecule has 1 aromatic rings. The Hall–Kier alpha value is -1.69. The first kappa shape index (κ1) is 15.4. The molecule has 0 saturated heterocycles. The van der Waals surface area contributed by atoms with E-state index in [2.05, 4.69) is 0 Å². The lowest BCUT2D eigenvalue weighted by molar-refractivity contribution is -0.386. The van der Waals surface area contributed by atoms with Crippen LogP contribution in [0, 0.1) is 15.9 Å². The summed E-state index contributed by atoms with van der Waals surface area (Å²) in [4.78, 5) is 12.2. The molecule has 0 aliphatic heterocycles. The number of halogens is 1. The van der Waals surface area contributed by atoms with Crippen LogP contribution in [0.3, 0.4) is 0 Å². The second kappa shape index (κ2) is 7.04. The van der Waals surface area contributed by atoms with Crippen LogP contribution in [-0.2, 0) is 4.74 Å². The highest BCUT2D eigenvalue weighted by Crippen LogP contribution is 2.32. The van der Waals surface area contributed by atoms with E-state index >= 15 is 0 Å². The van der Waals surface area contributed by atoms with Crippen LogP contribution < -0.4 is 4.90 Å². The molecule has 1 aromatic carbocycles. The summed E-state index contributed by atoms with van der Waals surface area (Å²) in [7, 11) is 1.56. The molecule has 106 valence electrons. The number of anilines is 1. The second-order valence-electron chi connectivity index (χ2n) is 4.31. The highest BCUT2D eigenvalue weighted by molar-refractivity contribution is 5.64. The van der Waals surface area contributed by atoms with Gasteiger partial charge in [0.1, 0.15) is 5.69 Å². The van der Waals surface area contributed by atoms with Crippen molar-refractivity contribution < 1.29 is 14.1 Å². The molecule has 0 heterocycles. The zero-order valence-electron chi connectivity index (χ0n) is 11.4. The lowest BCUT2D eigenvalue weighted by Crippen LogP contribution is -2.36. The predicted octanol–water partition coefficient (Wildman–Crippen LogP) is 2.99. The number of nitro benzene ring substituents is 1. The summed E-state index contributed by atoms with van der Waals surface area (Å²) >= 11 is 0. The zero-order chi connectivity index (χ0) is 14.4. The molecule has 0 spiro atoms. The van der Waals surface area contributed by atoms with E-state index in [-0.39, 0.29) is 6.04 Å². The molecule has 0 saturated carbocycles. The van der Waals surface area contributed by atoms with Gasteiger partial charge in [0.25, 0.3) is 0 Å². The standard InChI is InChI=1S/C13H19FN2O3/c1-4-10(2)15(8-9-19-3)12-7-5-6-11(14)13(12)16(17)18/h5-7,10H,4,8-9H2,1-3H3. The summed E-state index contributed by atoms with van der Waals surface area (Å²) in [6, 6.07) is 4.23. The molecule has 0 amide bonds. The highest BCUT2D eigenvalue weighted by Gasteiger charge is 2.26. The van der Waals surface area contributed by atoms with Gasteiger partial charge in [0.05, 0.1) is 11.5 Å². The maximum atomic E-state index is 13.7. The highest BCUT2D eigenvalue weighted by atomic mass is 19.1. The number of methoxy groups -OCH3 is 1. The van der Waals surface area contributed by atoms with Crippen molar-refractivity contribution in [3.8, 4) is 0 Å². The van der Waals surface area contributed by atoms with Crippen LogP contribution in [0.5, 0.6) is 0 Å². The number of hydrogen-bond donors (Lipinski definition) is 0. The summed E-state index contributed by atoms with van der Waals surface area (Å²) in [5, 5.41) is 11.0. The van der Waals surface area contributed by atoms with Crippen molar-refractivity contribution in [1.82, 2.24) is 0 Å². The quantitative estimate of drug-likeness (QED) is 0.564. The number of rotatable bonds is 7. The van der Waals surface area contributed by atoms with Crippen molar-refractivity contribution in [2.75, 3.05) is 25.2 Å². The monoisotopic (exact) mass is 270 g/mol. The Morgan fingerprint density at radius 3 is 2.74 bits per heavy atom. The maximum absolute atomic E-state index is 13.7. The molecule has 0 aliphatic rings. The maximum Gasteiger partial charge on any atom is 0.327 e. The molecule has 0 aliphatic carbocycles. The Labute approximate surface area is 112 Å². The number of benzene rings is 1. The molecule has 0 radical (unpaired) electrons. The van der Waals surface area contributed by atoms with Gasteiger partial charge in [-0.25, -0.2) is 0 Å². The van der Waals surface area contributed by atoms with Crippen LogP contribution in [-0.4, -0.2) is 31.2 Å². The topological polar surface area (TPSA) is 55.6 Å². The molecule has 0 aromatic heterocycles. The van der Waals surface area contributed by atoms with Crippen molar-refractivity contribution in [3.05, 3.63) is 34.1 Å². The van der Waals surface area contributed by atoms with E-state index in [1.807, 2.05) is 18.7 Å². The molecular formula is C13H19FN2O3. The van der Waals surface area contributed by atoms with Gasteiger partial charge in [0, 0.05) is 19.7 Å². The Bertz CT molecular complexity index is 440. The summed E-state index contributed by atoms with van der Waals surface area (Å²) in [5.74, 6) is -0.812. The van der Waals surface area contributed by atoms with Crippen molar-refractivity contribution in [2.45, 2.75) is 26.3 Å². The van der Waals surface area contributed by atoms with E-state index in [0.29, 0.717) is 18.8 Å². The molecule has 1 unspecified atom stereocenters. The van der Waals surface area contributed by atoms with Crippen LogP contribution in [0.4, 0.5) is 15.8 Å². The van der Waals surface area contributed by atoms with Crippen molar-refractivity contribution >= 4 is 11.4 Å². The second-order valence-corrected chi connectivity index (χ2v) is 4.31. The minimum Gasteiger partial charge on any atom is -0.383 e. The summed E-state index contributed by atoms with van der Waals surface area (Å²) < 4.78 is 18.7. The first-order valence-corrected chi connectivity index (χ1v) is 6.21. The lowest BCUT2D eigenvalue weighted by Gasteiger charge is -2.30. The van der Waals surface area contributed by atoms with Gasteiger partial charge in [0.2, 0.25) is 5.82 Å². The van der Waals surface area contributed by atoms with Gasteiger partial charge in [0.15, 0.2) is 0 Å². The molecule has 0 bridgehead atoms. The van der Waals surface area contributed by atoms with E-state index < -0.39 is 16.4 Å². The first-order chi connectivity index (χ1) is 9.02. The molecule has 0 fully saturated rings. The number of nitro groups is 1. The largest absolute Gasteiger partial charge is 0.383 e. The Morgan fingerprint density at radius 2 is 2.21 bits per heavy atom. The van der Waals surface area contributed by atoms with Crippen LogP contribution in [0.1, 0.15) is 20.3 Å². The van der Waals surface area contributed by atoms with Crippen LogP contribution >= 0.6 is 0 Å². The zero-order valence-corrected chi connectivity index (χ0v) is 11.4. The molecule has 0 N–H and O–H groups in total. The average Bonchev–Trinajstić information content (AvgIpc) is 2.38. The average molecular weight is 270 g/mol. The van der Waals surface area contributed by atoms with E-state index in [1.54, 1.807) is 13.2 Å². The SMILES string of the molecule is CCC(C)N(CCOC)c1cccc(F)c1[N+](=O)[O-]. The Balaban J connectivity index is 3.21. The third kappa shape index (κ3) is 3.64. The van der Waals surface area contributed by atoms with Crippen LogP contribution in [0.2, 0.25) is 0 Å². The molecule has 1 rings (SSSR count). The van der Waals surface area contributed by atoms with Gasteiger partial charge in [-0.15, -0.1) is 0 Å². The molecule has 19 heavy (non-hydrogen) atoms. The van der Waals surface area contributed by atoms with Gasteiger partial charge >= 0.3 is 5.69 Å². The van der Waals surface area contributed by atoms with Crippen molar-refractivity contribution in [2.24, 2.45) is 0 Å². The smallest absolute Gasteiger partial charge is 0.327 e. The van der Waals surface area contributed by atoms with Crippen molar-refractivity contribution in [3.63, 3.8) is 0 Å². The minimum absolute atomic E-state index is 0.0654. The molecular weight excluding hydrogens is 251 g/mol. The number of hydrogen-bond acceptors (Lipinski definition) is 4. The summed E-state index contributed by atoms with van der Waals surface area (Å²) in [5.41, 5.74) is -0.171.